The van der Waals surface area contributed by atoms with Crippen LogP contribution < -0.4 is 9.47 Å². The molecule has 142 valence electrons. The van der Waals surface area contributed by atoms with Gasteiger partial charge in [0.25, 0.3) is 0 Å². The fraction of sp³-hybridized carbons (Fsp3) is 0.208. The second kappa shape index (κ2) is 7.85. The van der Waals surface area contributed by atoms with E-state index in [2.05, 4.69) is 0 Å². The Bertz CT molecular complexity index is 967. The molecule has 1 aliphatic rings. The van der Waals surface area contributed by atoms with Gasteiger partial charge in [-0.15, -0.1) is 0 Å². The summed E-state index contributed by atoms with van der Waals surface area (Å²) in [6.07, 6.45) is 0.914. The highest BCUT2D eigenvalue weighted by molar-refractivity contribution is 5.81. The molecule has 0 bridgehead atoms. The molecule has 2 atom stereocenters. The van der Waals surface area contributed by atoms with Crippen LogP contribution in [0.1, 0.15) is 13.3 Å². The number of hydrogen-bond acceptors (Lipinski definition) is 3. The number of carbonyl (C=O) groups excluding carboxylic acids is 1. The minimum Gasteiger partial charge on any atom is -0.493 e. The Balaban J connectivity index is 1.49. The molecule has 0 heterocycles. The molecule has 1 aliphatic carbocycles. The number of para-hydroxylation sites is 1. The van der Waals surface area contributed by atoms with Gasteiger partial charge in [0.05, 0.1) is 6.61 Å². The molecule has 0 N–H and O–H groups in total. The van der Waals surface area contributed by atoms with Crippen LogP contribution in [0.2, 0.25) is 0 Å². The van der Waals surface area contributed by atoms with E-state index in [0.29, 0.717) is 29.6 Å². The van der Waals surface area contributed by atoms with Crippen molar-refractivity contribution in [2.24, 2.45) is 11.8 Å². The molecular weight excluding hydrogens is 355 g/mol. The molecule has 0 aliphatic heterocycles. The number of ether oxygens (including phenoxy) is 2. The molecule has 1 fully saturated rings. The number of halogens is 1. The molecule has 0 amide bonds. The summed E-state index contributed by atoms with van der Waals surface area (Å²) >= 11 is 0. The molecule has 2 unspecified atom stereocenters. The lowest BCUT2D eigenvalue weighted by Crippen LogP contribution is -2.04. The molecule has 4 rings (SSSR count). The molecule has 4 heteroatoms. The monoisotopic (exact) mass is 376 g/mol. The predicted molar refractivity (Wildman–Crippen MR) is 106 cm³/mol. The van der Waals surface area contributed by atoms with E-state index in [4.69, 9.17) is 9.47 Å². The lowest BCUT2D eigenvalue weighted by Gasteiger charge is -2.12. The van der Waals surface area contributed by atoms with Crippen LogP contribution in [0.5, 0.6) is 17.2 Å². The summed E-state index contributed by atoms with van der Waals surface area (Å²) in [7, 11) is 0. The number of ketones is 1. The second-order valence-electron chi connectivity index (χ2n) is 7.10. The van der Waals surface area contributed by atoms with E-state index in [0.717, 1.165) is 17.7 Å². The molecule has 28 heavy (non-hydrogen) atoms. The normalized spacial score (nSPS) is 17.8. The Morgan fingerprint density at radius 3 is 2.43 bits per heavy atom. The molecule has 0 radical (unpaired) electrons. The quantitative estimate of drug-likeness (QED) is 0.516. The van der Waals surface area contributed by atoms with Gasteiger partial charge in [-0.25, -0.2) is 4.39 Å². The lowest BCUT2D eigenvalue weighted by molar-refractivity contribution is -0.118. The number of benzene rings is 3. The molecular formula is C24H21FO3. The third-order valence-electron chi connectivity index (χ3n) is 4.99. The summed E-state index contributed by atoms with van der Waals surface area (Å²) in [6.45, 7) is 2.18. The van der Waals surface area contributed by atoms with Crippen molar-refractivity contribution in [3.05, 3.63) is 78.6 Å². The standard InChI is InChI=1S/C24H21FO3/c1-16(26)22-13-18(22)15-27-20-10-7-17(8-11-20)23-14-19(25)9-12-24(23)28-21-5-3-2-4-6-21/h2-12,14,18,22H,13,15H2,1H3. The van der Waals surface area contributed by atoms with Crippen LogP contribution in [-0.4, -0.2) is 12.4 Å². The molecule has 3 aromatic carbocycles. The van der Waals surface area contributed by atoms with E-state index in [1.807, 2.05) is 54.6 Å². The van der Waals surface area contributed by atoms with Crippen molar-refractivity contribution in [3.8, 4) is 28.4 Å². The highest BCUT2D eigenvalue weighted by Crippen LogP contribution is 2.39. The van der Waals surface area contributed by atoms with Gasteiger partial charge in [-0.05, 0) is 61.4 Å². The van der Waals surface area contributed by atoms with E-state index in [1.54, 1.807) is 13.0 Å². The minimum atomic E-state index is -0.320. The van der Waals surface area contributed by atoms with E-state index >= 15 is 0 Å². The van der Waals surface area contributed by atoms with Gasteiger partial charge in [-0.1, -0.05) is 30.3 Å². The number of rotatable bonds is 7. The van der Waals surface area contributed by atoms with Gasteiger partial charge in [0.2, 0.25) is 0 Å². The van der Waals surface area contributed by atoms with Crippen LogP contribution in [0.15, 0.2) is 72.8 Å². The third kappa shape index (κ3) is 4.22. The summed E-state index contributed by atoms with van der Waals surface area (Å²) in [6, 6.07) is 21.4. The van der Waals surface area contributed by atoms with E-state index in [9.17, 15) is 9.18 Å². The topological polar surface area (TPSA) is 35.5 Å². The van der Waals surface area contributed by atoms with Gasteiger partial charge in [0, 0.05) is 17.4 Å². The van der Waals surface area contributed by atoms with Gasteiger partial charge < -0.3 is 9.47 Å². The maximum atomic E-state index is 13.9. The Labute approximate surface area is 163 Å². The lowest BCUT2D eigenvalue weighted by atomic mass is 10.0. The average Bonchev–Trinajstić information content (AvgIpc) is 3.49. The third-order valence-corrected chi connectivity index (χ3v) is 4.99. The van der Waals surface area contributed by atoms with Crippen LogP contribution in [-0.2, 0) is 4.79 Å². The molecule has 3 aromatic rings. The van der Waals surface area contributed by atoms with Gasteiger partial charge in [0.15, 0.2) is 0 Å². The fourth-order valence-electron chi connectivity index (χ4n) is 3.30. The number of Topliss-reactive ketones (excluding diaryl/α,β-unsaturated/α-hetero) is 1. The molecule has 0 aromatic heterocycles. The summed E-state index contributed by atoms with van der Waals surface area (Å²) in [5, 5.41) is 0. The Kier molecular flexibility index (Phi) is 5.11. The van der Waals surface area contributed by atoms with Gasteiger partial charge in [0.1, 0.15) is 28.8 Å². The maximum Gasteiger partial charge on any atom is 0.135 e. The van der Waals surface area contributed by atoms with Crippen molar-refractivity contribution in [3.63, 3.8) is 0 Å². The van der Waals surface area contributed by atoms with E-state index in [-0.39, 0.29) is 17.5 Å². The van der Waals surface area contributed by atoms with E-state index < -0.39 is 0 Å². The summed E-state index contributed by atoms with van der Waals surface area (Å²) in [5.74, 6) is 2.42. The van der Waals surface area contributed by atoms with Crippen LogP contribution in [0, 0.1) is 17.7 Å². The van der Waals surface area contributed by atoms with Crippen molar-refractivity contribution in [1.82, 2.24) is 0 Å². The zero-order valence-corrected chi connectivity index (χ0v) is 15.6. The second-order valence-corrected chi connectivity index (χ2v) is 7.10. The highest BCUT2D eigenvalue weighted by Gasteiger charge is 2.41. The SMILES string of the molecule is CC(=O)C1CC1COc1ccc(-c2cc(F)ccc2Oc2ccccc2)cc1. The molecule has 3 nitrogen and oxygen atoms in total. The van der Waals surface area contributed by atoms with Crippen molar-refractivity contribution in [2.45, 2.75) is 13.3 Å². The van der Waals surface area contributed by atoms with Gasteiger partial charge in [-0.2, -0.15) is 0 Å². The molecule has 0 spiro atoms. The van der Waals surface area contributed by atoms with Crippen molar-refractivity contribution in [1.29, 1.82) is 0 Å². The first-order valence-corrected chi connectivity index (χ1v) is 9.36. The van der Waals surface area contributed by atoms with Crippen molar-refractivity contribution < 1.29 is 18.7 Å². The Hall–Kier alpha value is -3.14. The number of hydrogen-bond donors (Lipinski definition) is 0. The van der Waals surface area contributed by atoms with Gasteiger partial charge >= 0.3 is 0 Å². The predicted octanol–water partition coefficient (Wildman–Crippen LogP) is 5.89. The van der Waals surface area contributed by atoms with Crippen molar-refractivity contribution in [2.75, 3.05) is 6.61 Å². The number of carbonyl (C=O) groups is 1. The Morgan fingerprint density at radius 2 is 1.75 bits per heavy atom. The summed E-state index contributed by atoms with van der Waals surface area (Å²) in [5.41, 5.74) is 1.51. The maximum absolute atomic E-state index is 13.9. The van der Waals surface area contributed by atoms with Gasteiger partial charge in [-0.3, -0.25) is 4.79 Å². The smallest absolute Gasteiger partial charge is 0.135 e. The minimum absolute atomic E-state index is 0.157. The van der Waals surface area contributed by atoms with Crippen LogP contribution in [0.4, 0.5) is 4.39 Å². The average molecular weight is 376 g/mol. The molecule has 1 saturated carbocycles. The van der Waals surface area contributed by atoms with Crippen LogP contribution in [0.25, 0.3) is 11.1 Å². The van der Waals surface area contributed by atoms with Crippen LogP contribution in [0.3, 0.4) is 0 Å². The first-order chi connectivity index (χ1) is 13.6. The largest absolute Gasteiger partial charge is 0.493 e. The summed E-state index contributed by atoms with van der Waals surface area (Å²) in [4.78, 5) is 11.3. The van der Waals surface area contributed by atoms with Crippen molar-refractivity contribution >= 4 is 5.78 Å². The first-order valence-electron chi connectivity index (χ1n) is 9.36. The zero-order chi connectivity index (χ0) is 19.5. The Morgan fingerprint density at radius 1 is 1.00 bits per heavy atom. The fourth-order valence-corrected chi connectivity index (χ4v) is 3.30. The molecule has 0 saturated heterocycles. The first kappa shape index (κ1) is 18.2. The van der Waals surface area contributed by atoms with E-state index in [1.165, 1.54) is 12.1 Å². The highest BCUT2D eigenvalue weighted by atomic mass is 19.1. The van der Waals surface area contributed by atoms with Crippen LogP contribution >= 0.6 is 0 Å². The zero-order valence-electron chi connectivity index (χ0n) is 15.6. The summed E-state index contributed by atoms with van der Waals surface area (Å²) < 4.78 is 25.6.